The largest absolute Gasteiger partial charge is 0.382 e. The van der Waals surface area contributed by atoms with Crippen LogP contribution in [0, 0.1) is 11.3 Å². The van der Waals surface area contributed by atoms with Gasteiger partial charge in [0, 0.05) is 15.6 Å². The molecule has 1 aromatic heterocycles. The Hall–Kier alpha value is -2.19. The summed E-state index contributed by atoms with van der Waals surface area (Å²) < 4.78 is 1.48. The van der Waals surface area contributed by atoms with Crippen LogP contribution in [0.5, 0.6) is 0 Å². The Morgan fingerprint density at radius 1 is 1.00 bits per heavy atom. The third-order valence-corrected chi connectivity index (χ3v) is 4.09. The molecule has 7 heteroatoms. The molecule has 1 heterocycles. The highest BCUT2D eigenvalue weighted by atomic mass is 35.5. The fourth-order valence-corrected chi connectivity index (χ4v) is 2.81. The van der Waals surface area contributed by atoms with E-state index in [2.05, 4.69) is 11.2 Å². The zero-order chi connectivity index (χ0) is 16.6. The van der Waals surface area contributed by atoms with Crippen LogP contribution in [0.4, 0.5) is 5.82 Å². The van der Waals surface area contributed by atoms with Gasteiger partial charge in [0.1, 0.15) is 23.1 Å². The van der Waals surface area contributed by atoms with Gasteiger partial charge in [-0.1, -0.05) is 34.8 Å². The highest BCUT2D eigenvalue weighted by molar-refractivity contribution is 6.36. The first-order valence-corrected chi connectivity index (χ1v) is 7.64. The molecule has 4 nitrogen and oxygen atoms in total. The second-order valence-electron chi connectivity index (χ2n) is 4.73. The van der Waals surface area contributed by atoms with E-state index in [1.165, 1.54) is 4.68 Å². The number of hydrogen-bond donors (Lipinski definition) is 1. The highest BCUT2D eigenvalue weighted by Crippen LogP contribution is 2.34. The second-order valence-corrected chi connectivity index (χ2v) is 6.01. The zero-order valence-corrected chi connectivity index (χ0v) is 13.9. The van der Waals surface area contributed by atoms with Gasteiger partial charge in [-0.05, 0) is 42.5 Å². The van der Waals surface area contributed by atoms with E-state index >= 15 is 0 Å². The first kappa shape index (κ1) is 15.7. The normalized spacial score (nSPS) is 10.5. The average molecular weight is 364 g/mol. The molecule has 114 valence electrons. The summed E-state index contributed by atoms with van der Waals surface area (Å²) in [6.45, 7) is 0. The van der Waals surface area contributed by atoms with Crippen LogP contribution in [0.2, 0.25) is 15.1 Å². The van der Waals surface area contributed by atoms with Crippen molar-refractivity contribution in [2.24, 2.45) is 0 Å². The van der Waals surface area contributed by atoms with Crippen LogP contribution in [0.15, 0.2) is 42.5 Å². The number of rotatable bonds is 2. The predicted molar refractivity (Wildman–Crippen MR) is 93.2 cm³/mol. The molecule has 0 aliphatic rings. The summed E-state index contributed by atoms with van der Waals surface area (Å²) >= 11 is 18.0. The molecule has 0 aliphatic carbocycles. The molecule has 3 aromatic rings. The van der Waals surface area contributed by atoms with Crippen LogP contribution in [0.3, 0.4) is 0 Å². The van der Waals surface area contributed by atoms with E-state index in [0.29, 0.717) is 32.0 Å². The van der Waals surface area contributed by atoms with Crippen molar-refractivity contribution in [1.29, 1.82) is 5.26 Å². The topological polar surface area (TPSA) is 67.6 Å². The standard InChI is InChI=1S/C16H9Cl3N4/c17-9-1-4-11(5-2-9)23-16(21)13(8-20)15(22-23)12-6-3-10(18)7-14(12)19/h1-7H,21H2. The van der Waals surface area contributed by atoms with Gasteiger partial charge in [-0.2, -0.15) is 10.4 Å². The van der Waals surface area contributed by atoms with E-state index in [-0.39, 0.29) is 11.4 Å². The molecule has 0 bridgehead atoms. The van der Waals surface area contributed by atoms with Crippen molar-refractivity contribution in [3.05, 3.63) is 63.1 Å². The summed E-state index contributed by atoms with van der Waals surface area (Å²) in [5.74, 6) is 0.232. The van der Waals surface area contributed by atoms with E-state index in [1.807, 2.05) is 0 Å². The Morgan fingerprint density at radius 3 is 2.26 bits per heavy atom. The van der Waals surface area contributed by atoms with Crippen molar-refractivity contribution in [3.8, 4) is 23.0 Å². The maximum Gasteiger partial charge on any atom is 0.145 e. The molecule has 0 saturated heterocycles. The quantitative estimate of drug-likeness (QED) is 0.700. The van der Waals surface area contributed by atoms with Crippen molar-refractivity contribution in [2.75, 3.05) is 5.73 Å². The Bertz CT molecular complexity index is 924. The van der Waals surface area contributed by atoms with Crippen LogP contribution < -0.4 is 5.73 Å². The molecule has 0 amide bonds. The van der Waals surface area contributed by atoms with Gasteiger partial charge in [0.2, 0.25) is 0 Å². The minimum absolute atomic E-state index is 0.232. The van der Waals surface area contributed by atoms with Crippen LogP contribution >= 0.6 is 34.8 Å². The van der Waals surface area contributed by atoms with E-state index in [4.69, 9.17) is 40.5 Å². The molecular formula is C16H9Cl3N4. The molecule has 0 spiro atoms. The average Bonchev–Trinajstić information content (AvgIpc) is 2.84. The number of nitriles is 1. The van der Waals surface area contributed by atoms with Crippen LogP contribution in [0.1, 0.15) is 5.56 Å². The molecule has 0 saturated carbocycles. The number of benzene rings is 2. The Labute approximate surface area is 147 Å². The Balaban J connectivity index is 2.21. The van der Waals surface area contributed by atoms with E-state index in [1.54, 1.807) is 42.5 Å². The molecule has 0 aliphatic heterocycles. The first-order valence-electron chi connectivity index (χ1n) is 6.51. The summed E-state index contributed by atoms with van der Waals surface area (Å²) in [5, 5.41) is 15.4. The van der Waals surface area contributed by atoms with Crippen molar-refractivity contribution in [3.63, 3.8) is 0 Å². The van der Waals surface area contributed by atoms with Gasteiger partial charge < -0.3 is 5.73 Å². The van der Waals surface area contributed by atoms with Crippen LogP contribution in [0.25, 0.3) is 16.9 Å². The molecule has 0 atom stereocenters. The van der Waals surface area contributed by atoms with Gasteiger partial charge in [-0.15, -0.1) is 0 Å². The van der Waals surface area contributed by atoms with E-state index in [0.717, 1.165) is 0 Å². The second kappa shape index (κ2) is 6.13. The van der Waals surface area contributed by atoms with E-state index < -0.39 is 0 Å². The molecule has 3 rings (SSSR count). The fourth-order valence-electron chi connectivity index (χ4n) is 2.19. The molecule has 23 heavy (non-hydrogen) atoms. The number of halogens is 3. The molecule has 2 N–H and O–H groups in total. The van der Waals surface area contributed by atoms with Gasteiger partial charge in [0.05, 0.1) is 10.7 Å². The number of hydrogen-bond acceptors (Lipinski definition) is 3. The first-order chi connectivity index (χ1) is 11.0. The summed E-state index contributed by atoms with van der Waals surface area (Å²) in [5.41, 5.74) is 8.02. The lowest BCUT2D eigenvalue weighted by Gasteiger charge is -2.03. The third-order valence-electron chi connectivity index (χ3n) is 3.29. The predicted octanol–water partition coefficient (Wildman–Crippen LogP) is 4.95. The van der Waals surface area contributed by atoms with Crippen molar-refractivity contribution in [2.45, 2.75) is 0 Å². The number of nitrogens with two attached hydrogens (primary N) is 1. The molecule has 0 radical (unpaired) electrons. The lowest BCUT2D eigenvalue weighted by Crippen LogP contribution is -2.02. The minimum atomic E-state index is 0.232. The number of anilines is 1. The summed E-state index contributed by atoms with van der Waals surface area (Å²) in [6.07, 6.45) is 0. The van der Waals surface area contributed by atoms with Crippen LogP contribution in [-0.4, -0.2) is 9.78 Å². The smallest absolute Gasteiger partial charge is 0.145 e. The van der Waals surface area contributed by atoms with Gasteiger partial charge >= 0.3 is 0 Å². The molecule has 2 aromatic carbocycles. The van der Waals surface area contributed by atoms with Crippen molar-refractivity contribution in [1.82, 2.24) is 9.78 Å². The van der Waals surface area contributed by atoms with Crippen molar-refractivity contribution >= 4 is 40.6 Å². The number of nitrogens with zero attached hydrogens (tertiary/aromatic N) is 3. The van der Waals surface area contributed by atoms with Gasteiger partial charge in [-0.25, -0.2) is 4.68 Å². The molecular weight excluding hydrogens is 355 g/mol. The van der Waals surface area contributed by atoms with Gasteiger partial charge in [-0.3, -0.25) is 0 Å². The molecule has 0 fully saturated rings. The summed E-state index contributed by atoms with van der Waals surface area (Å²) in [7, 11) is 0. The Morgan fingerprint density at radius 2 is 1.65 bits per heavy atom. The SMILES string of the molecule is N#Cc1c(-c2ccc(Cl)cc2Cl)nn(-c2ccc(Cl)cc2)c1N. The van der Waals surface area contributed by atoms with Gasteiger partial charge in [0.15, 0.2) is 0 Å². The lowest BCUT2D eigenvalue weighted by atomic mass is 10.1. The Kier molecular flexibility index (Phi) is 4.18. The van der Waals surface area contributed by atoms with E-state index in [9.17, 15) is 5.26 Å². The molecule has 0 unspecified atom stereocenters. The fraction of sp³-hybridized carbons (Fsp3) is 0. The summed E-state index contributed by atoms with van der Waals surface area (Å²) in [4.78, 5) is 0. The zero-order valence-electron chi connectivity index (χ0n) is 11.6. The third kappa shape index (κ3) is 2.87. The maximum absolute atomic E-state index is 9.44. The summed E-state index contributed by atoms with van der Waals surface area (Å²) in [6, 6.07) is 14.0. The van der Waals surface area contributed by atoms with Gasteiger partial charge in [0.25, 0.3) is 0 Å². The van der Waals surface area contributed by atoms with Crippen LogP contribution in [-0.2, 0) is 0 Å². The monoisotopic (exact) mass is 362 g/mol. The minimum Gasteiger partial charge on any atom is -0.382 e. The number of aromatic nitrogens is 2. The van der Waals surface area contributed by atoms with Crippen molar-refractivity contribution < 1.29 is 0 Å². The maximum atomic E-state index is 9.44. The number of nitrogen functional groups attached to an aromatic ring is 1. The lowest BCUT2D eigenvalue weighted by molar-refractivity contribution is 0.895. The highest BCUT2D eigenvalue weighted by Gasteiger charge is 2.20.